The van der Waals surface area contributed by atoms with Crippen molar-refractivity contribution in [2.24, 2.45) is 0 Å². The van der Waals surface area contributed by atoms with Gasteiger partial charge in [0.1, 0.15) is 5.82 Å². The maximum Gasteiger partial charge on any atom is 0.309 e. The summed E-state index contributed by atoms with van der Waals surface area (Å²) in [5.74, 6) is -1.08. The highest BCUT2D eigenvalue weighted by Crippen LogP contribution is 2.22. The fourth-order valence-corrected chi connectivity index (χ4v) is 4.57. The normalized spacial score (nSPS) is 17.2. The molecule has 1 atom stereocenters. The highest BCUT2D eigenvalue weighted by atomic mass is 32.2. The number of halogens is 1. The number of benzene rings is 1. The predicted octanol–water partition coefficient (Wildman–Crippen LogP) is 2.02. The van der Waals surface area contributed by atoms with Crippen LogP contribution in [0.5, 0.6) is 0 Å². The van der Waals surface area contributed by atoms with E-state index in [2.05, 4.69) is 15.2 Å². The molecule has 1 aromatic carbocycles. The van der Waals surface area contributed by atoms with Gasteiger partial charge in [0.25, 0.3) is 0 Å². The quantitative estimate of drug-likeness (QED) is 0.578. The number of carbonyl (C=O) groups is 2. The Balaban J connectivity index is 1.37. The van der Waals surface area contributed by atoms with Gasteiger partial charge in [-0.15, -0.1) is 11.3 Å². The molecule has 2 aromatic rings. The van der Waals surface area contributed by atoms with Crippen LogP contribution in [0.2, 0.25) is 0 Å². The number of amides is 1. The summed E-state index contributed by atoms with van der Waals surface area (Å²) >= 11 is 2.62. The average molecular weight is 440 g/mol. The number of aliphatic carboxylic acids is 1. The molecule has 0 bridgehead atoms. The molecule has 0 saturated carbocycles. The van der Waals surface area contributed by atoms with E-state index in [0.717, 1.165) is 12.1 Å². The lowest BCUT2D eigenvalue weighted by molar-refractivity contribution is -0.136. The Hall–Kier alpha value is -2.01. The maximum atomic E-state index is 13.0. The highest BCUT2D eigenvalue weighted by molar-refractivity contribution is 8.01. The van der Waals surface area contributed by atoms with E-state index in [0.29, 0.717) is 36.3 Å². The second kappa shape index (κ2) is 10.7. The molecule has 1 aliphatic heterocycles. The van der Waals surface area contributed by atoms with E-state index in [4.69, 9.17) is 9.84 Å². The van der Waals surface area contributed by atoms with Crippen LogP contribution in [0, 0.1) is 5.82 Å². The van der Waals surface area contributed by atoms with Gasteiger partial charge in [0.15, 0.2) is 4.34 Å². The van der Waals surface area contributed by atoms with Gasteiger partial charge in [0.2, 0.25) is 5.91 Å². The number of carboxylic acids is 1. The third kappa shape index (κ3) is 7.39. The standard InChI is InChI=1S/C19H22FN3O4S2/c20-14-3-1-13(2-4-14)9-23-5-6-27-16(10-23)8-21-17(24)12-29-19-22-15(11-28-19)7-18(25)26/h1-4,11,16H,5-10,12H2,(H,21,24)(H,25,26). The van der Waals surface area contributed by atoms with E-state index in [1.807, 2.05) is 0 Å². The molecule has 1 fully saturated rings. The molecular formula is C19H22FN3O4S2. The molecule has 7 nitrogen and oxygen atoms in total. The van der Waals surface area contributed by atoms with Crippen LogP contribution in [-0.4, -0.2) is 65.0 Å². The molecule has 1 aromatic heterocycles. The van der Waals surface area contributed by atoms with Gasteiger partial charge < -0.3 is 15.2 Å². The van der Waals surface area contributed by atoms with E-state index in [1.165, 1.54) is 35.2 Å². The molecule has 2 heterocycles. The first-order valence-electron chi connectivity index (χ1n) is 9.12. The summed E-state index contributed by atoms with van der Waals surface area (Å²) in [6, 6.07) is 6.47. The van der Waals surface area contributed by atoms with E-state index in [9.17, 15) is 14.0 Å². The number of aromatic nitrogens is 1. The summed E-state index contributed by atoms with van der Waals surface area (Å²) in [5.41, 5.74) is 1.54. The number of thiazole rings is 1. The van der Waals surface area contributed by atoms with Crippen LogP contribution in [0.15, 0.2) is 34.0 Å². The molecule has 29 heavy (non-hydrogen) atoms. The van der Waals surface area contributed by atoms with E-state index >= 15 is 0 Å². The number of nitrogens with zero attached hydrogens (tertiary/aromatic N) is 2. The number of rotatable bonds is 9. The summed E-state index contributed by atoms with van der Waals surface area (Å²) < 4.78 is 19.4. The fraction of sp³-hybridized carbons (Fsp3) is 0.421. The van der Waals surface area contributed by atoms with Gasteiger partial charge in [-0.2, -0.15) is 0 Å². The topological polar surface area (TPSA) is 91.8 Å². The highest BCUT2D eigenvalue weighted by Gasteiger charge is 2.21. The Bertz CT molecular complexity index is 831. The average Bonchev–Trinajstić information content (AvgIpc) is 3.13. The largest absolute Gasteiger partial charge is 0.481 e. The number of carbonyl (C=O) groups excluding carboxylic acids is 1. The third-order valence-corrected chi connectivity index (χ3v) is 6.33. The summed E-state index contributed by atoms with van der Waals surface area (Å²) in [5, 5.41) is 13.3. The van der Waals surface area contributed by atoms with Crippen LogP contribution >= 0.6 is 23.1 Å². The van der Waals surface area contributed by atoms with Crippen LogP contribution in [0.1, 0.15) is 11.3 Å². The van der Waals surface area contributed by atoms with Crippen LogP contribution in [0.3, 0.4) is 0 Å². The molecule has 0 radical (unpaired) electrons. The fourth-order valence-electron chi connectivity index (χ4n) is 2.89. The number of carboxylic acid groups (broad SMARTS) is 1. The zero-order valence-corrected chi connectivity index (χ0v) is 17.3. The van der Waals surface area contributed by atoms with Crippen molar-refractivity contribution in [2.75, 3.05) is 32.0 Å². The molecule has 3 rings (SSSR count). The minimum Gasteiger partial charge on any atom is -0.481 e. The van der Waals surface area contributed by atoms with Crippen molar-refractivity contribution in [3.63, 3.8) is 0 Å². The summed E-state index contributed by atoms with van der Waals surface area (Å²) in [6.45, 7) is 3.20. The molecule has 10 heteroatoms. The van der Waals surface area contributed by atoms with Crippen molar-refractivity contribution in [3.8, 4) is 0 Å². The number of thioether (sulfide) groups is 1. The summed E-state index contributed by atoms with van der Waals surface area (Å²) in [4.78, 5) is 29.2. The van der Waals surface area contributed by atoms with Gasteiger partial charge in [0.05, 0.1) is 30.6 Å². The van der Waals surface area contributed by atoms with Gasteiger partial charge in [-0.25, -0.2) is 9.37 Å². The summed E-state index contributed by atoms with van der Waals surface area (Å²) in [6.07, 6.45) is -0.211. The van der Waals surface area contributed by atoms with Crippen LogP contribution in [-0.2, 0) is 27.3 Å². The Morgan fingerprint density at radius 3 is 2.93 bits per heavy atom. The first-order chi connectivity index (χ1) is 14.0. The van der Waals surface area contributed by atoms with E-state index in [-0.39, 0.29) is 30.0 Å². The Labute approximate surface area is 176 Å². The van der Waals surface area contributed by atoms with E-state index in [1.54, 1.807) is 17.5 Å². The number of hydrogen-bond donors (Lipinski definition) is 2. The maximum absolute atomic E-state index is 13.0. The van der Waals surface area contributed by atoms with Crippen LogP contribution in [0.4, 0.5) is 4.39 Å². The second-order valence-electron chi connectivity index (χ2n) is 6.62. The van der Waals surface area contributed by atoms with E-state index < -0.39 is 5.97 Å². The Kier molecular flexibility index (Phi) is 7.99. The molecule has 156 valence electrons. The van der Waals surface area contributed by atoms with Crippen molar-refractivity contribution in [2.45, 2.75) is 23.4 Å². The Morgan fingerprint density at radius 2 is 2.17 bits per heavy atom. The van der Waals surface area contributed by atoms with Gasteiger partial charge in [-0.05, 0) is 17.7 Å². The first kappa shape index (κ1) is 21.7. The lowest BCUT2D eigenvalue weighted by Gasteiger charge is -2.33. The number of hydrogen-bond acceptors (Lipinski definition) is 7. The molecule has 0 aliphatic carbocycles. The Morgan fingerprint density at radius 1 is 1.38 bits per heavy atom. The molecule has 1 aliphatic rings. The van der Waals surface area contributed by atoms with Gasteiger partial charge >= 0.3 is 5.97 Å². The first-order valence-corrected chi connectivity index (χ1v) is 11.0. The van der Waals surface area contributed by atoms with Gasteiger partial charge in [0, 0.05) is 31.6 Å². The molecule has 1 amide bonds. The molecule has 2 N–H and O–H groups in total. The van der Waals surface area contributed by atoms with Crippen molar-refractivity contribution >= 4 is 35.0 Å². The lowest BCUT2D eigenvalue weighted by Crippen LogP contribution is -2.47. The number of morpholine rings is 1. The smallest absolute Gasteiger partial charge is 0.309 e. The second-order valence-corrected chi connectivity index (χ2v) is 8.70. The SMILES string of the molecule is O=C(O)Cc1csc(SCC(=O)NCC2CN(Cc3ccc(F)cc3)CCO2)n1. The van der Waals surface area contributed by atoms with Gasteiger partial charge in [-0.3, -0.25) is 14.5 Å². The number of ether oxygens (including phenoxy) is 1. The molecule has 0 spiro atoms. The van der Waals surface area contributed by atoms with Gasteiger partial charge in [-0.1, -0.05) is 23.9 Å². The minimum atomic E-state index is -0.925. The predicted molar refractivity (Wildman–Crippen MR) is 109 cm³/mol. The monoisotopic (exact) mass is 439 g/mol. The van der Waals surface area contributed by atoms with Crippen LogP contribution in [0.25, 0.3) is 0 Å². The zero-order valence-electron chi connectivity index (χ0n) is 15.7. The molecular weight excluding hydrogens is 417 g/mol. The van der Waals surface area contributed by atoms with Crippen LogP contribution < -0.4 is 5.32 Å². The minimum absolute atomic E-state index is 0.0971. The zero-order chi connectivity index (χ0) is 20.6. The van der Waals surface area contributed by atoms with Crippen molar-refractivity contribution in [1.82, 2.24) is 15.2 Å². The van der Waals surface area contributed by atoms with Crippen molar-refractivity contribution in [1.29, 1.82) is 0 Å². The van der Waals surface area contributed by atoms with Crippen molar-refractivity contribution < 1.29 is 23.8 Å². The van der Waals surface area contributed by atoms with Crippen molar-refractivity contribution in [3.05, 3.63) is 46.7 Å². The lowest BCUT2D eigenvalue weighted by atomic mass is 10.2. The molecule has 1 unspecified atom stereocenters. The number of nitrogens with one attached hydrogen (secondary N) is 1. The molecule has 1 saturated heterocycles. The summed E-state index contributed by atoms with van der Waals surface area (Å²) in [7, 11) is 0. The third-order valence-electron chi connectivity index (χ3n) is 4.26.